The fraction of sp³-hybridized carbons (Fsp3) is 0.458. The molecule has 33 heavy (non-hydrogen) atoms. The number of rotatable bonds is 6. The van der Waals surface area contributed by atoms with Crippen LogP contribution in [0.1, 0.15) is 55.7 Å². The standard InChI is InChI=1S/C24H29N7O2/c1-3-5-12-25-22(32)21-29-18-19(26-15-27-20(18)31(21)4-2)30-13-10-24(11-14-30)16-8-6-7-9-17(16)28-23(24)33/h6-9,15H,3-5,10-14H2,1-2H3,(H,25,32)(H,28,33). The lowest BCUT2D eigenvalue weighted by molar-refractivity contribution is -0.121. The number of aromatic nitrogens is 4. The zero-order valence-electron chi connectivity index (χ0n) is 19.1. The largest absolute Gasteiger partial charge is 0.355 e. The number of hydrogen-bond donors (Lipinski definition) is 2. The quantitative estimate of drug-likeness (QED) is 0.563. The molecule has 2 aliphatic rings. The molecule has 0 atom stereocenters. The van der Waals surface area contributed by atoms with Crippen LogP contribution in [0, 0.1) is 0 Å². The first-order chi connectivity index (χ1) is 16.1. The monoisotopic (exact) mass is 447 g/mol. The highest BCUT2D eigenvalue weighted by Gasteiger charge is 2.48. The molecule has 9 nitrogen and oxygen atoms in total. The molecular weight excluding hydrogens is 418 g/mol. The minimum Gasteiger partial charge on any atom is -0.355 e. The number of hydrogen-bond acceptors (Lipinski definition) is 6. The van der Waals surface area contributed by atoms with E-state index in [0.29, 0.717) is 56.0 Å². The van der Waals surface area contributed by atoms with E-state index in [2.05, 4.69) is 43.5 Å². The summed E-state index contributed by atoms with van der Waals surface area (Å²) in [5, 5.41) is 6.00. The van der Waals surface area contributed by atoms with Crippen molar-refractivity contribution in [2.75, 3.05) is 29.9 Å². The number of anilines is 2. The second-order valence-corrected chi connectivity index (χ2v) is 8.73. The summed E-state index contributed by atoms with van der Waals surface area (Å²) in [7, 11) is 0. The van der Waals surface area contributed by atoms with Gasteiger partial charge >= 0.3 is 0 Å². The SMILES string of the molecule is CCCCNC(=O)c1nc2c(N3CCC4(CC3)C(=O)Nc3ccccc34)ncnc2n1CC. The molecule has 1 fully saturated rings. The van der Waals surface area contributed by atoms with E-state index in [4.69, 9.17) is 0 Å². The van der Waals surface area contributed by atoms with Gasteiger partial charge in [0.25, 0.3) is 5.91 Å². The van der Waals surface area contributed by atoms with Crippen molar-refractivity contribution in [3.63, 3.8) is 0 Å². The van der Waals surface area contributed by atoms with Crippen molar-refractivity contribution in [2.24, 2.45) is 0 Å². The van der Waals surface area contributed by atoms with E-state index < -0.39 is 5.41 Å². The number of nitrogens with one attached hydrogen (secondary N) is 2. The number of unbranched alkanes of at least 4 members (excludes halogenated alkanes) is 1. The molecule has 0 aliphatic carbocycles. The number of benzene rings is 1. The topological polar surface area (TPSA) is 105 Å². The Labute approximate surface area is 192 Å². The van der Waals surface area contributed by atoms with Crippen molar-refractivity contribution < 1.29 is 9.59 Å². The molecule has 1 saturated heterocycles. The normalized spacial score (nSPS) is 16.8. The van der Waals surface area contributed by atoms with Crippen molar-refractivity contribution in [3.8, 4) is 0 Å². The maximum absolute atomic E-state index is 12.9. The molecule has 1 spiro atoms. The number of para-hydroxylation sites is 1. The molecule has 2 amide bonds. The van der Waals surface area contributed by atoms with Crippen LogP contribution in [-0.4, -0.2) is 51.0 Å². The van der Waals surface area contributed by atoms with Gasteiger partial charge in [-0.3, -0.25) is 9.59 Å². The van der Waals surface area contributed by atoms with Gasteiger partial charge in [-0.15, -0.1) is 0 Å². The van der Waals surface area contributed by atoms with E-state index in [0.717, 1.165) is 29.9 Å². The number of nitrogens with zero attached hydrogens (tertiary/aromatic N) is 5. The number of fused-ring (bicyclic) bond motifs is 3. The van der Waals surface area contributed by atoms with Crippen molar-refractivity contribution in [2.45, 2.75) is 51.5 Å². The molecule has 5 rings (SSSR count). The number of piperidine rings is 1. The summed E-state index contributed by atoms with van der Waals surface area (Å²) in [5.74, 6) is 0.975. The van der Waals surface area contributed by atoms with Crippen molar-refractivity contribution >= 4 is 34.5 Å². The third-order valence-electron chi connectivity index (χ3n) is 6.89. The van der Waals surface area contributed by atoms with Crippen LogP contribution in [0.25, 0.3) is 11.2 Å². The van der Waals surface area contributed by atoms with Gasteiger partial charge in [0.2, 0.25) is 11.7 Å². The lowest BCUT2D eigenvalue weighted by Gasteiger charge is -2.38. The van der Waals surface area contributed by atoms with Crippen LogP contribution in [0.3, 0.4) is 0 Å². The minimum absolute atomic E-state index is 0.0810. The summed E-state index contributed by atoms with van der Waals surface area (Å²) < 4.78 is 1.84. The molecule has 9 heteroatoms. The predicted octanol–water partition coefficient (Wildman–Crippen LogP) is 2.87. The van der Waals surface area contributed by atoms with Gasteiger partial charge in [-0.05, 0) is 37.8 Å². The molecular formula is C24H29N7O2. The molecule has 0 saturated carbocycles. The van der Waals surface area contributed by atoms with Gasteiger partial charge in [0, 0.05) is 31.9 Å². The number of carbonyl (C=O) groups excluding carboxylic acids is 2. The molecule has 2 aromatic heterocycles. The lowest BCUT2D eigenvalue weighted by Crippen LogP contribution is -2.46. The number of aryl methyl sites for hydroxylation is 1. The number of carbonyl (C=O) groups is 2. The Morgan fingerprint density at radius 2 is 1.97 bits per heavy atom. The van der Waals surface area contributed by atoms with Gasteiger partial charge in [0.05, 0.1) is 5.41 Å². The average Bonchev–Trinajstić information content (AvgIpc) is 3.35. The van der Waals surface area contributed by atoms with Gasteiger partial charge in [-0.25, -0.2) is 15.0 Å². The highest BCUT2D eigenvalue weighted by atomic mass is 16.2. The lowest BCUT2D eigenvalue weighted by atomic mass is 9.73. The van der Waals surface area contributed by atoms with E-state index >= 15 is 0 Å². The van der Waals surface area contributed by atoms with E-state index in [1.165, 1.54) is 6.33 Å². The molecule has 0 unspecified atom stereocenters. The van der Waals surface area contributed by atoms with Gasteiger partial charge < -0.3 is 20.1 Å². The average molecular weight is 448 g/mol. The van der Waals surface area contributed by atoms with Crippen LogP contribution < -0.4 is 15.5 Å². The first-order valence-electron chi connectivity index (χ1n) is 11.7. The Bertz CT molecular complexity index is 1210. The third-order valence-corrected chi connectivity index (χ3v) is 6.89. The molecule has 3 aromatic rings. The Hall–Kier alpha value is -3.49. The summed E-state index contributed by atoms with van der Waals surface area (Å²) in [5.41, 5.74) is 2.80. The van der Waals surface area contributed by atoms with Gasteiger partial charge in [0.15, 0.2) is 17.0 Å². The summed E-state index contributed by atoms with van der Waals surface area (Å²) in [6.07, 6.45) is 4.86. The van der Waals surface area contributed by atoms with Crippen LogP contribution in [0.15, 0.2) is 30.6 Å². The van der Waals surface area contributed by atoms with Crippen LogP contribution in [-0.2, 0) is 16.8 Å². The molecule has 172 valence electrons. The number of amides is 2. The summed E-state index contributed by atoms with van der Waals surface area (Å²) >= 11 is 0. The Morgan fingerprint density at radius 3 is 2.73 bits per heavy atom. The smallest absolute Gasteiger partial charge is 0.287 e. The number of imidazole rings is 1. The second kappa shape index (κ2) is 8.46. The van der Waals surface area contributed by atoms with Crippen LogP contribution in [0.2, 0.25) is 0 Å². The minimum atomic E-state index is -0.494. The van der Waals surface area contributed by atoms with E-state index in [-0.39, 0.29) is 11.8 Å². The molecule has 2 aliphatic heterocycles. The van der Waals surface area contributed by atoms with Crippen molar-refractivity contribution in [3.05, 3.63) is 42.0 Å². The molecule has 2 N–H and O–H groups in total. The highest BCUT2D eigenvalue weighted by Crippen LogP contribution is 2.45. The van der Waals surface area contributed by atoms with E-state index in [1.54, 1.807) is 0 Å². The fourth-order valence-corrected chi connectivity index (χ4v) is 5.06. The Morgan fingerprint density at radius 1 is 1.18 bits per heavy atom. The van der Waals surface area contributed by atoms with Crippen molar-refractivity contribution in [1.29, 1.82) is 0 Å². The van der Waals surface area contributed by atoms with E-state index in [1.807, 2.05) is 29.7 Å². The van der Waals surface area contributed by atoms with Gasteiger partial charge in [0.1, 0.15) is 6.33 Å². The maximum Gasteiger partial charge on any atom is 0.287 e. The Kier molecular flexibility index (Phi) is 5.47. The highest BCUT2D eigenvalue weighted by molar-refractivity contribution is 6.06. The first kappa shape index (κ1) is 21.4. The predicted molar refractivity (Wildman–Crippen MR) is 126 cm³/mol. The fourth-order valence-electron chi connectivity index (χ4n) is 5.06. The molecule has 4 heterocycles. The van der Waals surface area contributed by atoms with Crippen LogP contribution >= 0.6 is 0 Å². The van der Waals surface area contributed by atoms with Crippen LogP contribution in [0.5, 0.6) is 0 Å². The maximum atomic E-state index is 12.9. The summed E-state index contributed by atoms with van der Waals surface area (Å²) in [4.78, 5) is 41.5. The van der Waals surface area contributed by atoms with Crippen LogP contribution in [0.4, 0.5) is 11.5 Å². The Balaban J connectivity index is 1.43. The molecule has 0 bridgehead atoms. The van der Waals surface area contributed by atoms with Gasteiger partial charge in [-0.2, -0.15) is 0 Å². The first-order valence-corrected chi connectivity index (χ1v) is 11.7. The summed E-state index contributed by atoms with van der Waals surface area (Å²) in [6.45, 7) is 6.62. The zero-order valence-corrected chi connectivity index (χ0v) is 19.1. The van der Waals surface area contributed by atoms with E-state index in [9.17, 15) is 9.59 Å². The third kappa shape index (κ3) is 3.42. The zero-order chi connectivity index (χ0) is 23.0. The van der Waals surface area contributed by atoms with Gasteiger partial charge in [-0.1, -0.05) is 31.5 Å². The van der Waals surface area contributed by atoms with Crippen molar-refractivity contribution in [1.82, 2.24) is 24.8 Å². The summed E-state index contributed by atoms with van der Waals surface area (Å²) in [6, 6.07) is 7.96. The molecule has 0 radical (unpaired) electrons. The molecule has 1 aromatic carbocycles. The second-order valence-electron chi connectivity index (χ2n) is 8.73.